The molecular formula is C7H8FN. The number of hydrogen-bond acceptors (Lipinski definition) is 1. The fourth-order valence-corrected chi connectivity index (χ4v) is 0.478. The molecule has 0 aliphatic carbocycles. The minimum Gasteiger partial charge on any atom is -0.225 e. The van der Waals surface area contributed by atoms with Gasteiger partial charge < -0.3 is 0 Å². The SMILES string of the molecule is [2H]C([2H])([2H])C([2H])([2H])c1cccc(F)n1. The van der Waals surface area contributed by atoms with Crippen molar-refractivity contribution in [2.75, 3.05) is 0 Å². The van der Waals surface area contributed by atoms with Crippen molar-refractivity contribution >= 4 is 0 Å². The molecule has 1 heterocycles. The Morgan fingerprint density at radius 2 is 2.78 bits per heavy atom. The zero-order chi connectivity index (χ0) is 11.0. The maximum absolute atomic E-state index is 12.6. The van der Waals surface area contributed by atoms with E-state index < -0.39 is 24.9 Å². The molecule has 0 radical (unpaired) electrons. The van der Waals surface area contributed by atoms with E-state index in [1.165, 1.54) is 6.07 Å². The molecule has 0 saturated heterocycles. The van der Waals surface area contributed by atoms with Crippen LogP contribution in [0, 0.1) is 5.95 Å². The van der Waals surface area contributed by atoms with Crippen LogP contribution in [-0.2, 0) is 6.37 Å². The molecule has 0 aliphatic rings. The quantitative estimate of drug-likeness (QED) is 0.528. The Morgan fingerprint density at radius 3 is 3.44 bits per heavy atom. The molecule has 0 unspecified atom stereocenters. The molecule has 0 aliphatic heterocycles. The van der Waals surface area contributed by atoms with E-state index in [-0.39, 0.29) is 0 Å². The van der Waals surface area contributed by atoms with Crippen molar-refractivity contribution in [3.05, 3.63) is 29.8 Å². The lowest BCUT2D eigenvalue weighted by atomic mass is 10.3. The second-order valence-electron chi connectivity index (χ2n) is 1.47. The van der Waals surface area contributed by atoms with E-state index >= 15 is 0 Å². The Labute approximate surface area is 60.6 Å². The Balaban J connectivity index is 3.16. The molecular weight excluding hydrogens is 117 g/mol. The Kier molecular flexibility index (Phi) is 0.678. The van der Waals surface area contributed by atoms with E-state index in [2.05, 4.69) is 4.98 Å². The topological polar surface area (TPSA) is 12.9 Å². The summed E-state index contributed by atoms with van der Waals surface area (Å²) in [5.41, 5.74) is -0.419. The predicted octanol–water partition coefficient (Wildman–Crippen LogP) is 1.78. The molecule has 0 saturated carbocycles. The van der Waals surface area contributed by atoms with Crippen molar-refractivity contribution in [1.29, 1.82) is 0 Å². The Morgan fingerprint density at radius 1 is 1.89 bits per heavy atom. The van der Waals surface area contributed by atoms with Crippen molar-refractivity contribution in [1.82, 2.24) is 4.98 Å². The molecule has 0 spiro atoms. The van der Waals surface area contributed by atoms with Gasteiger partial charge in [-0.2, -0.15) is 4.39 Å². The molecule has 0 N–H and O–H groups in total. The first-order valence-electron chi connectivity index (χ1n) is 4.88. The van der Waals surface area contributed by atoms with Crippen LogP contribution < -0.4 is 0 Å². The van der Waals surface area contributed by atoms with Gasteiger partial charge >= 0.3 is 0 Å². The van der Waals surface area contributed by atoms with Gasteiger partial charge in [0.15, 0.2) is 0 Å². The molecule has 0 bridgehead atoms. The molecule has 0 aromatic carbocycles. The highest BCUT2D eigenvalue weighted by Gasteiger charge is 1.90. The van der Waals surface area contributed by atoms with Crippen LogP contribution in [0.1, 0.15) is 19.4 Å². The molecule has 9 heavy (non-hydrogen) atoms. The van der Waals surface area contributed by atoms with Gasteiger partial charge in [0.25, 0.3) is 0 Å². The smallest absolute Gasteiger partial charge is 0.213 e. The van der Waals surface area contributed by atoms with Gasteiger partial charge in [0.1, 0.15) is 0 Å². The predicted molar refractivity (Wildman–Crippen MR) is 33.6 cm³/mol. The zero-order valence-corrected chi connectivity index (χ0v) is 4.56. The van der Waals surface area contributed by atoms with E-state index in [0.717, 1.165) is 12.1 Å². The van der Waals surface area contributed by atoms with Gasteiger partial charge in [-0.15, -0.1) is 0 Å². The summed E-state index contributed by atoms with van der Waals surface area (Å²) < 4.78 is 48.0. The summed E-state index contributed by atoms with van der Waals surface area (Å²) in [7, 11) is 0. The first kappa shape index (κ1) is 2.37. The second-order valence-corrected chi connectivity index (χ2v) is 1.47. The molecule has 48 valence electrons. The monoisotopic (exact) mass is 130 g/mol. The lowest BCUT2D eigenvalue weighted by molar-refractivity contribution is 0.577. The number of halogens is 1. The number of hydrogen-bond donors (Lipinski definition) is 0. The van der Waals surface area contributed by atoms with E-state index in [0.29, 0.717) is 0 Å². The average Bonchev–Trinajstić information content (AvgIpc) is 2.02. The molecule has 1 rings (SSSR count). The molecule has 1 nitrogen and oxygen atoms in total. The summed E-state index contributed by atoms with van der Waals surface area (Å²) in [5.74, 6) is -0.893. The van der Waals surface area contributed by atoms with Gasteiger partial charge in [-0.05, 0) is 18.5 Å². The lowest BCUT2D eigenvalue weighted by Crippen LogP contribution is -1.87. The largest absolute Gasteiger partial charge is 0.225 e. The third-order valence-electron chi connectivity index (χ3n) is 0.843. The van der Waals surface area contributed by atoms with Gasteiger partial charge in [0.2, 0.25) is 5.95 Å². The summed E-state index contributed by atoms with van der Waals surface area (Å²) in [4.78, 5) is 3.21. The van der Waals surface area contributed by atoms with Crippen LogP contribution in [0.3, 0.4) is 0 Å². The van der Waals surface area contributed by atoms with Crippen LogP contribution in [0.15, 0.2) is 18.2 Å². The van der Waals surface area contributed by atoms with Gasteiger partial charge in [0.05, 0.1) is 0 Å². The van der Waals surface area contributed by atoms with Crippen molar-refractivity contribution in [2.45, 2.75) is 13.2 Å². The summed E-state index contributed by atoms with van der Waals surface area (Å²) in [6.07, 6.45) is -2.63. The van der Waals surface area contributed by atoms with Crippen molar-refractivity contribution in [2.24, 2.45) is 0 Å². The Hall–Kier alpha value is -0.920. The summed E-state index contributed by atoms with van der Waals surface area (Å²) in [6, 6.07) is 3.40. The van der Waals surface area contributed by atoms with Crippen LogP contribution >= 0.6 is 0 Å². The number of aryl methyl sites for hydroxylation is 1. The molecule has 0 atom stereocenters. The van der Waals surface area contributed by atoms with E-state index in [1.54, 1.807) is 0 Å². The fourth-order valence-electron chi connectivity index (χ4n) is 0.478. The highest BCUT2D eigenvalue weighted by atomic mass is 19.1. The highest BCUT2D eigenvalue weighted by Crippen LogP contribution is 1.96. The third kappa shape index (κ3) is 1.49. The van der Waals surface area contributed by atoms with Crippen LogP contribution in [0.25, 0.3) is 0 Å². The van der Waals surface area contributed by atoms with Crippen molar-refractivity contribution in [3.63, 3.8) is 0 Å². The zero-order valence-electron chi connectivity index (χ0n) is 9.56. The van der Waals surface area contributed by atoms with Crippen molar-refractivity contribution in [3.8, 4) is 0 Å². The lowest BCUT2D eigenvalue weighted by Gasteiger charge is -1.91. The first-order valence-corrected chi connectivity index (χ1v) is 2.38. The summed E-state index contributed by atoms with van der Waals surface area (Å²) >= 11 is 0. The summed E-state index contributed by atoms with van der Waals surface area (Å²) in [6.45, 7) is -2.85. The molecule has 1 aromatic heterocycles. The number of aromatic nitrogens is 1. The fraction of sp³-hybridized carbons (Fsp3) is 0.286. The van der Waals surface area contributed by atoms with Crippen LogP contribution in [0.4, 0.5) is 4.39 Å². The number of nitrogens with zero attached hydrogens (tertiary/aromatic N) is 1. The minimum absolute atomic E-state index is 0.419. The van der Waals surface area contributed by atoms with Crippen LogP contribution in [0.5, 0.6) is 0 Å². The normalized spacial score (nSPS) is 20.8. The number of rotatable bonds is 1. The van der Waals surface area contributed by atoms with Crippen LogP contribution in [-0.4, -0.2) is 4.98 Å². The van der Waals surface area contributed by atoms with E-state index in [9.17, 15) is 4.39 Å². The van der Waals surface area contributed by atoms with E-state index in [4.69, 9.17) is 6.85 Å². The molecule has 0 amide bonds. The van der Waals surface area contributed by atoms with E-state index in [1.807, 2.05) is 0 Å². The van der Waals surface area contributed by atoms with Crippen molar-refractivity contribution < 1.29 is 11.2 Å². The first-order chi connectivity index (χ1) is 6.25. The highest BCUT2D eigenvalue weighted by molar-refractivity contribution is 5.03. The molecule has 1 aromatic rings. The van der Waals surface area contributed by atoms with Crippen LogP contribution in [0.2, 0.25) is 0 Å². The van der Waals surface area contributed by atoms with Gasteiger partial charge in [0, 0.05) is 12.5 Å². The van der Waals surface area contributed by atoms with Gasteiger partial charge in [-0.1, -0.05) is 12.9 Å². The molecule has 0 fully saturated rings. The minimum atomic E-state index is -2.85. The number of pyridine rings is 1. The van der Waals surface area contributed by atoms with Gasteiger partial charge in [-0.25, -0.2) is 4.98 Å². The Bertz CT molecular complexity index is 335. The average molecular weight is 130 g/mol. The van der Waals surface area contributed by atoms with Gasteiger partial charge in [-0.3, -0.25) is 0 Å². The maximum Gasteiger partial charge on any atom is 0.213 e. The third-order valence-corrected chi connectivity index (χ3v) is 0.843. The summed E-state index contributed by atoms with van der Waals surface area (Å²) in [5, 5.41) is 0. The molecule has 2 heteroatoms. The standard InChI is InChI=1S/C7H8FN/c1-2-6-4-3-5-7(8)9-6/h3-5H,2H2,1H3/i1D3,2D2. The maximum atomic E-state index is 12.6. The second kappa shape index (κ2) is 2.58.